The minimum Gasteiger partial charge on any atom is -0.483 e. The molecule has 1 aliphatic heterocycles. The van der Waals surface area contributed by atoms with E-state index in [4.69, 9.17) is 4.74 Å². The van der Waals surface area contributed by atoms with Crippen molar-refractivity contribution in [2.24, 2.45) is 0 Å². The van der Waals surface area contributed by atoms with Crippen molar-refractivity contribution in [3.8, 4) is 5.75 Å². The number of rotatable bonds is 7. The molecule has 162 valence electrons. The lowest BCUT2D eigenvalue weighted by Crippen LogP contribution is -2.39. The van der Waals surface area contributed by atoms with Crippen molar-refractivity contribution in [2.75, 3.05) is 24.6 Å². The van der Waals surface area contributed by atoms with Crippen molar-refractivity contribution < 1.29 is 17.9 Å². The zero-order chi connectivity index (χ0) is 22.1. The van der Waals surface area contributed by atoms with Crippen LogP contribution in [0.1, 0.15) is 31.9 Å². The summed E-state index contributed by atoms with van der Waals surface area (Å²) in [6.45, 7) is 8.15. The summed E-state index contributed by atoms with van der Waals surface area (Å²) >= 11 is 3.47. The Morgan fingerprint density at radius 1 is 1.20 bits per heavy atom. The number of carbonyl (C=O) groups excluding carboxylic acids is 1. The predicted octanol–water partition coefficient (Wildman–Crippen LogP) is 4.14. The van der Waals surface area contributed by atoms with Gasteiger partial charge in [-0.05, 0) is 67.8 Å². The quantitative estimate of drug-likeness (QED) is 0.579. The van der Waals surface area contributed by atoms with Crippen molar-refractivity contribution in [3.63, 3.8) is 0 Å². The van der Waals surface area contributed by atoms with Gasteiger partial charge in [-0.3, -0.25) is 4.79 Å². The number of nitrogens with zero attached hydrogens (tertiary/aromatic N) is 2. The van der Waals surface area contributed by atoms with Gasteiger partial charge in [-0.1, -0.05) is 29.8 Å². The standard InChI is InChI=1S/C22H27BrN2O4S/c1-5-24(6-2)30(27,28)19-8-10-21(15(3)11-19)29-14-22(26)25-16(4)12-17-13-18(23)7-9-20(17)25/h7-11,13,16H,5-6,12,14H2,1-4H3/t16-/m1/s1. The minimum absolute atomic E-state index is 0.0630. The van der Waals surface area contributed by atoms with Crippen LogP contribution < -0.4 is 9.64 Å². The van der Waals surface area contributed by atoms with Crippen LogP contribution in [-0.4, -0.2) is 44.4 Å². The number of hydrogen-bond donors (Lipinski definition) is 0. The lowest BCUT2D eigenvalue weighted by Gasteiger charge is -2.23. The minimum atomic E-state index is -3.53. The second-order valence-corrected chi connectivity index (χ2v) is 10.2. The van der Waals surface area contributed by atoms with Crippen LogP contribution >= 0.6 is 15.9 Å². The second-order valence-electron chi connectivity index (χ2n) is 7.40. The first-order valence-electron chi connectivity index (χ1n) is 10.0. The normalized spacial score (nSPS) is 16.1. The van der Waals surface area contributed by atoms with E-state index in [1.165, 1.54) is 10.4 Å². The maximum Gasteiger partial charge on any atom is 0.265 e. The Morgan fingerprint density at radius 3 is 2.53 bits per heavy atom. The molecule has 0 aromatic heterocycles. The summed E-state index contributed by atoms with van der Waals surface area (Å²) in [5.41, 5.74) is 2.72. The average Bonchev–Trinajstić information content (AvgIpc) is 3.02. The number of amides is 1. The fraction of sp³-hybridized carbons (Fsp3) is 0.409. The molecule has 1 heterocycles. The molecule has 0 fully saturated rings. The molecular weight excluding hydrogens is 468 g/mol. The van der Waals surface area contributed by atoms with E-state index in [1.54, 1.807) is 24.0 Å². The predicted molar refractivity (Wildman–Crippen MR) is 122 cm³/mol. The molecule has 0 aliphatic carbocycles. The van der Waals surface area contributed by atoms with Crippen LogP contribution in [0.5, 0.6) is 5.75 Å². The van der Waals surface area contributed by atoms with Gasteiger partial charge in [0.05, 0.1) is 4.90 Å². The van der Waals surface area contributed by atoms with E-state index in [0.717, 1.165) is 22.1 Å². The largest absolute Gasteiger partial charge is 0.483 e. The smallest absolute Gasteiger partial charge is 0.265 e. The molecule has 3 rings (SSSR count). The molecule has 0 N–H and O–H groups in total. The van der Waals surface area contributed by atoms with Gasteiger partial charge in [-0.25, -0.2) is 8.42 Å². The Hall–Kier alpha value is -1.90. The summed E-state index contributed by atoms with van der Waals surface area (Å²) in [5, 5.41) is 0. The molecule has 2 aromatic rings. The van der Waals surface area contributed by atoms with E-state index in [1.807, 2.05) is 39.0 Å². The van der Waals surface area contributed by atoms with Crippen molar-refractivity contribution >= 4 is 37.5 Å². The number of sulfonamides is 1. The van der Waals surface area contributed by atoms with Crippen LogP contribution in [-0.2, 0) is 21.2 Å². The van der Waals surface area contributed by atoms with Crippen molar-refractivity contribution in [1.82, 2.24) is 4.31 Å². The first-order valence-corrected chi connectivity index (χ1v) is 12.3. The van der Waals surface area contributed by atoms with Gasteiger partial charge in [0, 0.05) is 29.3 Å². The maximum absolute atomic E-state index is 12.9. The molecule has 0 saturated carbocycles. The lowest BCUT2D eigenvalue weighted by atomic mass is 10.1. The first kappa shape index (κ1) is 22.8. The van der Waals surface area contributed by atoms with E-state index >= 15 is 0 Å². The van der Waals surface area contributed by atoms with Crippen molar-refractivity contribution in [2.45, 2.75) is 45.1 Å². The Bertz CT molecular complexity index is 1050. The van der Waals surface area contributed by atoms with Gasteiger partial charge in [0.15, 0.2) is 6.61 Å². The zero-order valence-electron chi connectivity index (χ0n) is 17.7. The highest BCUT2D eigenvalue weighted by Crippen LogP contribution is 2.34. The number of ether oxygens (including phenoxy) is 1. The highest BCUT2D eigenvalue weighted by molar-refractivity contribution is 9.10. The first-order chi connectivity index (χ1) is 14.2. The number of benzene rings is 2. The molecule has 0 saturated heterocycles. The molecule has 0 radical (unpaired) electrons. The van der Waals surface area contributed by atoms with Gasteiger partial charge in [-0.15, -0.1) is 0 Å². The Balaban J connectivity index is 1.73. The molecule has 1 aliphatic rings. The van der Waals surface area contributed by atoms with E-state index in [0.29, 0.717) is 24.4 Å². The summed E-state index contributed by atoms with van der Waals surface area (Å²) in [6, 6.07) is 10.7. The average molecular weight is 495 g/mol. The number of carbonyl (C=O) groups is 1. The van der Waals surface area contributed by atoms with Crippen LogP contribution in [0.25, 0.3) is 0 Å². The zero-order valence-corrected chi connectivity index (χ0v) is 20.1. The van der Waals surface area contributed by atoms with E-state index in [-0.39, 0.29) is 23.5 Å². The highest BCUT2D eigenvalue weighted by atomic mass is 79.9. The van der Waals surface area contributed by atoms with Crippen LogP contribution in [0, 0.1) is 6.92 Å². The van der Waals surface area contributed by atoms with Gasteiger partial charge in [0.1, 0.15) is 5.75 Å². The van der Waals surface area contributed by atoms with Crippen LogP contribution in [0.2, 0.25) is 0 Å². The molecule has 0 spiro atoms. The molecule has 2 aromatic carbocycles. The van der Waals surface area contributed by atoms with Gasteiger partial charge in [-0.2, -0.15) is 4.31 Å². The maximum atomic E-state index is 12.9. The number of fused-ring (bicyclic) bond motifs is 1. The highest BCUT2D eigenvalue weighted by Gasteiger charge is 2.31. The van der Waals surface area contributed by atoms with Crippen LogP contribution in [0.15, 0.2) is 45.8 Å². The molecule has 8 heteroatoms. The summed E-state index contributed by atoms with van der Waals surface area (Å²) in [6.07, 6.45) is 0.803. The Morgan fingerprint density at radius 2 is 1.90 bits per heavy atom. The Kier molecular flexibility index (Phi) is 6.89. The molecule has 1 atom stereocenters. The summed E-state index contributed by atoms with van der Waals surface area (Å²) < 4.78 is 33.6. The lowest BCUT2D eigenvalue weighted by molar-refractivity contribution is -0.120. The molecular formula is C22H27BrN2O4S. The van der Waals surface area contributed by atoms with Crippen molar-refractivity contribution in [1.29, 1.82) is 0 Å². The molecule has 1 amide bonds. The fourth-order valence-corrected chi connectivity index (χ4v) is 5.80. The molecule has 30 heavy (non-hydrogen) atoms. The van der Waals surface area contributed by atoms with Gasteiger partial charge in [0.2, 0.25) is 10.0 Å². The molecule has 6 nitrogen and oxygen atoms in total. The number of hydrogen-bond acceptors (Lipinski definition) is 4. The fourth-order valence-electron chi connectivity index (χ4n) is 3.85. The topological polar surface area (TPSA) is 66.9 Å². The van der Waals surface area contributed by atoms with Gasteiger partial charge in [0.25, 0.3) is 5.91 Å². The van der Waals surface area contributed by atoms with E-state index in [2.05, 4.69) is 15.9 Å². The van der Waals surface area contributed by atoms with Gasteiger partial charge >= 0.3 is 0 Å². The molecule has 0 bridgehead atoms. The summed E-state index contributed by atoms with van der Waals surface area (Å²) in [7, 11) is -3.53. The second kappa shape index (κ2) is 9.08. The van der Waals surface area contributed by atoms with Gasteiger partial charge < -0.3 is 9.64 Å². The third-order valence-electron chi connectivity index (χ3n) is 5.37. The Labute approximate surface area is 187 Å². The number of anilines is 1. The SMILES string of the molecule is CCN(CC)S(=O)(=O)c1ccc(OCC(=O)N2c3ccc(Br)cc3C[C@H]2C)c(C)c1. The monoisotopic (exact) mass is 494 g/mol. The third-order valence-corrected chi connectivity index (χ3v) is 7.91. The third kappa shape index (κ3) is 4.40. The van der Waals surface area contributed by atoms with E-state index < -0.39 is 10.0 Å². The number of aryl methyl sites for hydroxylation is 1. The van der Waals surface area contributed by atoms with Crippen LogP contribution in [0.3, 0.4) is 0 Å². The molecule has 0 unspecified atom stereocenters. The van der Waals surface area contributed by atoms with Crippen LogP contribution in [0.4, 0.5) is 5.69 Å². The van der Waals surface area contributed by atoms with E-state index in [9.17, 15) is 13.2 Å². The van der Waals surface area contributed by atoms with Crippen molar-refractivity contribution in [3.05, 3.63) is 52.0 Å². The summed E-state index contributed by atoms with van der Waals surface area (Å²) in [5.74, 6) is 0.382. The number of halogens is 1. The summed E-state index contributed by atoms with van der Waals surface area (Å²) in [4.78, 5) is 14.9.